The van der Waals surface area contributed by atoms with Crippen molar-refractivity contribution in [1.82, 2.24) is 15.1 Å². The summed E-state index contributed by atoms with van der Waals surface area (Å²) < 4.78 is 2.20. The van der Waals surface area contributed by atoms with Gasteiger partial charge in [0.05, 0.1) is 5.69 Å². The van der Waals surface area contributed by atoms with Gasteiger partial charge in [0.2, 0.25) is 0 Å². The highest BCUT2D eigenvalue weighted by Gasteiger charge is 2.08. The Morgan fingerprint density at radius 1 is 1.00 bits per heavy atom. The molecule has 1 aromatic heterocycles. The highest BCUT2D eigenvalue weighted by atomic mass is 15.3. The average Bonchev–Trinajstić information content (AvgIpc) is 2.67. The zero-order chi connectivity index (χ0) is 14.1. The normalized spacial score (nSPS) is 11.2. The van der Waals surface area contributed by atoms with Crippen molar-refractivity contribution in [3.8, 4) is 0 Å². The summed E-state index contributed by atoms with van der Waals surface area (Å²) in [5.74, 6) is 0. The largest absolute Gasteiger partial charge is 0.317 e. The molecule has 0 aromatic carbocycles. The van der Waals surface area contributed by atoms with E-state index in [0.717, 1.165) is 19.5 Å². The van der Waals surface area contributed by atoms with Crippen LogP contribution in [0.1, 0.15) is 62.9 Å². The first-order valence-electron chi connectivity index (χ1n) is 7.94. The molecule has 3 nitrogen and oxygen atoms in total. The molecule has 19 heavy (non-hydrogen) atoms. The molecule has 1 rings (SSSR count). The summed E-state index contributed by atoms with van der Waals surface area (Å²) in [6.07, 6.45) is 7.53. The molecule has 0 saturated heterocycles. The predicted octanol–water partition coefficient (Wildman–Crippen LogP) is 3.62. The van der Waals surface area contributed by atoms with Crippen LogP contribution in [0.4, 0.5) is 0 Å². The highest BCUT2D eigenvalue weighted by Crippen LogP contribution is 2.14. The van der Waals surface area contributed by atoms with E-state index in [1.165, 1.54) is 55.6 Å². The number of aryl methyl sites for hydroxylation is 2. The summed E-state index contributed by atoms with van der Waals surface area (Å²) in [7, 11) is 0. The summed E-state index contributed by atoms with van der Waals surface area (Å²) in [5.41, 5.74) is 4.01. The molecule has 0 unspecified atom stereocenters. The summed E-state index contributed by atoms with van der Waals surface area (Å²) in [5, 5.41) is 8.10. The van der Waals surface area contributed by atoms with E-state index in [1.807, 2.05) is 0 Å². The lowest BCUT2D eigenvalue weighted by atomic mass is 10.1. The SMILES string of the molecule is CCCNCCCCCCn1nc(C)c(CC)c1C. The zero-order valence-electron chi connectivity index (χ0n) is 13.3. The van der Waals surface area contributed by atoms with Crippen LogP contribution in [0.2, 0.25) is 0 Å². The van der Waals surface area contributed by atoms with Gasteiger partial charge < -0.3 is 5.32 Å². The van der Waals surface area contributed by atoms with Crippen molar-refractivity contribution in [2.45, 2.75) is 72.8 Å². The fraction of sp³-hybridized carbons (Fsp3) is 0.812. The van der Waals surface area contributed by atoms with E-state index in [4.69, 9.17) is 0 Å². The van der Waals surface area contributed by atoms with Crippen LogP contribution < -0.4 is 5.32 Å². The summed E-state index contributed by atoms with van der Waals surface area (Å²) in [4.78, 5) is 0. The lowest BCUT2D eigenvalue weighted by molar-refractivity contribution is 0.515. The molecule has 0 saturated carbocycles. The smallest absolute Gasteiger partial charge is 0.0628 e. The van der Waals surface area contributed by atoms with Crippen molar-refractivity contribution >= 4 is 0 Å². The van der Waals surface area contributed by atoms with Crippen molar-refractivity contribution in [3.05, 3.63) is 17.0 Å². The maximum Gasteiger partial charge on any atom is 0.0628 e. The number of nitrogens with zero attached hydrogens (tertiary/aromatic N) is 2. The first-order chi connectivity index (χ1) is 9.20. The van der Waals surface area contributed by atoms with E-state index >= 15 is 0 Å². The first kappa shape index (κ1) is 16.2. The van der Waals surface area contributed by atoms with E-state index in [-0.39, 0.29) is 0 Å². The van der Waals surface area contributed by atoms with Gasteiger partial charge in [-0.1, -0.05) is 26.7 Å². The third kappa shape index (κ3) is 5.35. The summed E-state index contributed by atoms with van der Waals surface area (Å²) >= 11 is 0. The molecule has 1 heterocycles. The van der Waals surface area contributed by atoms with Gasteiger partial charge in [-0.15, -0.1) is 0 Å². The third-order valence-corrected chi connectivity index (χ3v) is 3.79. The number of nitrogens with one attached hydrogen (secondary N) is 1. The Labute approximate surface area is 118 Å². The Bertz CT molecular complexity index is 355. The minimum atomic E-state index is 1.08. The maximum atomic E-state index is 4.64. The number of rotatable bonds is 10. The van der Waals surface area contributed by atoms with Gasteiger partial charge >= 0.3 is 0 Å². The molecule has 0 aliphatic rings. The minimum Gasteiger partial charge on any atom is -0.317 e. The van der Waals surface area contributed by atoms with Gasteiger partial charge in [0.25, 0.3) is 0 Å². The molecule has 1 aromatic rings. The zero-order valence-corrected chi connectivity index (χ0v) is 13.3. The number of aromatic nitrogens is 2. The lowest BCUT2D eigenvalue weighted by Crippen LogP contribution is -2.15. The number of unbranched alkanes of at least 4 members (excludes halogenated alkanes) is 3. The van der Waals surface area contributed by atoms with Crippen molar-refractivity contribution in [1.29, 1.82) is 0 Å². The molecule has 0 amide bonds. The van der Waals surface area contributed by atoms with Crippen LogP contribution in [0.15, 0.2) is 0 Å². The molecule has 0 atom stereocenters. The fourth-order valence-corrected chi connectivity index (χ4v) is 2.63. The van der Waals surface area contributed by atoms with E-state index in [2.05, 4.69) is 42.8 Å². The van der Waals surface area contributed by atoms with Crippen molar-refractivity contribution in [3.63, 3.8) is 0 Å². The van der Waals surface area contributed by atoms with Gasteiger partial charge in [-0.25, -0.2) is 0 Å². The van der Waals surface area contributed by atoms with Crippen LogP contribution in [0, 0.1) is 13.8 Å². The molecule has 110 valence electrons. The molecule has 0 fully saturated rings. The maximum absolute atomic E-state index is 4.64. The van der Waals surface area contributed by atoms with Crippen LogP contribution in [0.5, 0.6) is 0 Å². The summed E-state index contributed by atoms with van der Waals surface area (Å²) in [6.45, 7) is 12.2. The second kappa shape index (κ2) is 9.13. The van der Waals surface area contributed by atoms with Gasteiger partial charge in [-0.3, -0.25) is 4.68 Å². The standard InChI is InChI=1S/C16H31N3/c1-5-11-17-12-9-7-8-10-13-19-15(4)16(6-2)14(3)18-19/h17H,5-13H2,1-4H3. The Balaban J connectivity index is 2.16. The van der Waals surface area contributed by atoms with Crippen molar-refractivity contribution < 1.29 is 0 Å². The molecule has 1 N–H and O–H groups in total. The number of hydrogen-bond donors (Lipinski definition) is 1. The molecule has 0 bridgehead atoms. The molecule has 0 spiro atoms. The van der Waals surface area contributed by atoms with Crippen molar-refractivity contribution in [2.75, 3.05) is 13.1 Å². The Morgan fingerprint density at radius 2 is 1.74 bits per heavy atom. The Morgan fingerprint density at radius 3 is 2.37 bits per heavy atom. The van der Waals surface area contributed by atoms with Crippen LogP contribution >= 0.6 is 0 Å². The second-order valence-electron chi connectivity index (χ2n) is 5.39. The summed E-state index contributed by atoms with van der Waals surface area (Å²) in [6, 6.07) is 0. The van der Waals surface area contributed by atoms with Gasteiger partial charge in [-0.2, -0.15) is 5.10 Å². The average molecular weight is 265 g/mol. The van der Waals surface area contributed by atoms with E-state index in [9.17, 15) is 0 Å². The van der Waals surface area contributed by atoms with E-state index in [0.29, 0.717) is 0 Å². The molecular formula is C16H31N3. The third-order valence-electron chi connectivity index (χ3n) is 3.79. The first-order valence-corrected chi connectivity index (χ1v) is 7.94. The van der Waals surface area contributed by atoms with E-state index < -0.39 is 0 Å². The van der Waals surface area contributed by atoms with Crippen molar-refractivity contribution in [2.24, 2.45) is 0 Å². The molecule has 0 radical (unpaired) electrons. The molecule has 0 aliphatic heterocycles. The highest BCUT2D eigenvalue weighted by molar-refractivity contribution is 5.24. The topological polar surface area (TPSA) is 29.9 Å². The quantitative estimate of drug-likeness (QED) is 0.655. The van der Waals surface area contributed by atoms with Crippen LogP contribution in [0.25, 0.3) is 0 Å². The predicted molar refractivity (Wildman–Crippen MR) is 82.7 cm³/mol. The monoisotopic (exact) mass is 265 g/mol. The Kier molecular flexibility index (Phi) is 7.80. The fourth-order valence-electron chi connectivity index (χ4n) is 2.63. The van der Waals surface area contributed by atoms with Gasteiger partial charge in [0, 0.05) is 12.2 Å². The van der Waals surface area contributed by atoms with Gasteiger partial charge in [0.1, 0.15) is 0 Å². The van der Waals surface area contributed by atoms with Gasteiger partial charge in [-0.05, 0) is 58.2 Å². The molecule has 3 heteroatoms. The van der Waals surface area contributed by atoms with E-state index in [1.54, 1.807) is 0 Å². The minimum absolute atomic E-state index is 1.08. The second-order valence-corrected chi connectivity index (χ2v) is 5.39. The molecule has 0 aliphatic carbocycles. The Hall–Kier alpha value is -0.830. The van der Waals surface area contributed by atoms with Crippen LogP contribution in [-0.2, 0) is 13.0 Å². The molecular weight excluding hydrogens is 234 g/mol. The van der Waals surface area contributed by atoms with Gasteiger partial charge in [0.15, 0.2) is 0 Å². The lowest BCUT2D eigenvalue weighted by Gasteiger charge is -2.06. The number of hydrogen-bond acceptors (Lipinski definition) is 2. The van der Waals surface area contributed by atoms with Crippen LogP contribution in [0.3, 0.4) is 0 Å². The van der Waals surface area contributed by atoms with Crippen LogP contribution in [-0.4, -0.2) is 22.9 Å².